The van der Waals surface area contributed by atoms with Gasteiger partial charge in [-0.25, -0.2) is 9.18 Å². The third-order valence-corrected chi connectivity index (χ3v) is 5.98. The number of esters is 1. The standard InChI is InChI=1S/C21H17ClFIN2O3/c1-4-28-20(27)18-16-17(25-26-18)12-7-8-14(24)15(19(12)29-21(16,2)3)11-6-5-10(23)9-13(11)22/h5-9H,4H2,1-3H3,(H,25,26). The van der Waals surface area contributed by atoms with E-state index in [1.54, 1.807) is 13.0 Å². The predicted molar refractivity (Wildman–Crippen MR) is 117 cm³/mol. The van der Waals surface area contributed by atoms with Crippen LogP contribution in [0.25, 0.3) is 22.4 Å². The highest BCUT2D eigenvalue weighted by atomic mass is 127. The zero-order chi connectivity index (χ0) is 20.9. The van der Waals surface area contributed by atoms with E-state index in [4.69, 9.17) is 21.1 Å². The number of nitrogens with one attached hydrogen (secondary N) is 1. The molecule has 0 atom stereocenters. The van der Waals surface area contributed by atoms with Crippen LogP contribution in [0.3, 0.4) is 0 Å². The third kappa shape index (κ3) is 3.30. The highest BCUT2D eigenvalue weighted by molar-refractivity contribution is 14.1. The van der Waals surface area contributed by atoms with E-state index in [1.165, 1.54) is 12.1 Å². The first-order valence-corrected chi connectivity index (χ1v) is 10.4. The maximum absolute atomic E-state index is 13.6. The molecule has 4 rings (SSSR count). The second-order valence-corrected chi connectivity index (χ2v) is 8.65. The average molecular weight is 527 g/mol. The van der Waals surface area contributed by atoms with Crippen molar-refractivity contribution in [1.82, 2.24) is 10.2 Å². The molecule has 0 amide bonds. The maximum atomic E-state index is 13.6. The lowest BCUT2D eigenvalue weighted by Crippen LogP contribution is -2.31. The van der Waals surface area contributed by atoms with Crippen molar-refractivity contribution in [3.05, 3.63) is 56.0 Å². The summed E-state index contributed by atoms with van der Waals surface area (Å²) in [5, 5.41) is 7.49. The Bertz CT molecular complexity index is 1140. The lowest BCUT2D eigenvalue weighted by Gasteiger charge is -2.34. The van der Waals surface area contributed by atoms with Crippen LogP contribution in [0.4, 0.5) is 4.39 Å². The normalized spacial score (nSPS) is 14.0. The summed E-state index contributed by atoms with van der Waals surface area (Å²) in [6.07, 6.45) is 0. The van der Waals surface area contributed by atoms with Gasteiger partial charge in [-0.2, -0.15) is 5.10 Å². The number of aromatic amines is 1. The third-order valence-electron chi connectivity index (χ3n) is 4.77. The van der Waals surface area contributed by atoms with Crippen LogP contribution < -0.4 is 4.74 Å². The van der Waals surface area contributed by atoms with E-state index < -0.39 is 17.4 Å². The van der Waals surface area contributed by atoms with Gasteiger partial charge in [-0.15, -0.1) is 0 Å². The van der Waals surface area contributed by atoms with Gasteiger partial charge in [-0.05, 0) is 73.7 Å². The van der Waals surface area contributed by atoms with Crippen molar-refractivity contribution in [2.24, 2.45) is 0 Å². The van der Waals surface area contributed by atoms with Gasteiger partial charge in [0.05, 0.1) is 17.2 Å². The number of halogens is 3. The molecule has 3 aromatic rings. The van der Waals surface area contributed by atoms with Crippen LogP contribution in [-0.2, 0) is 10.3 Å². The molecule has 1 N–H and O–H groups in total. The highest BCUT2D eigenvalue weighted by Crippen LogP contribution is 2.51. The van der Waals surface area contributed by atoms with Gasteiger partial charge < -0.3 is 9.47 Å². The molecule has 29 heavy (non-hydrogen) atoms. The molecule has 8 heteroatoms. The monoisotopic (exact) mass is 526 g/mol. The first-order valence-electron chi connectivity index (χ1n) is 8.98. The van der Waals surface area contributed by atoms with Crippen LogP contribution in [0.5, 0.6) is 5.75 Å². The molecule has 1 aliphatic rings. The molecule has 0 saturated carbocycles. The lowest BCUT2D eigenvalue weighted by atomic mass is 9.87. The predicted octanol–water partition coefficient (Wildman–Crippen LogP) is 5.95. The van der Waals surface area contributed by atoms with Gasteiger partial charge in [-0.1, -0.05) is 11.6 Å². The number of fused-ring (bicyclic) bond motifs is 3. The Morgan fingerprint density at radius 3 is 2.72 bits per heavy atom. The Hall–Kier alpha value is -2.13. The topological polar surface area (TPSA) is 64.2 Å². The van der Waals surface area contributed by atoms with Gasteiger partial charge in [0.25, 0.3) is 0 Å². The molecular formula is C21H17ClFIN2O3. The van der Waals surface area contributed by atoms with Gasteiger partial charge in [0.2, 0.25) is 0 Å². The molecule has 2 heterocycles. The van der Waals surface area contributed by atoms with Gasteiger partial charge in [0.1, 0.15) is 22.9 Å². The van der Waals surface area contributed by atoms with Crippen molar-refractivity contribution < 1.29 is 18.7 Å². The smallest absolute Gasteiger partial charge is 0.356 e. The SMILES string of the molecule is CCOC(=O)c1[nH]nc2c1C(C)(C)Oc1c-2ccc(I)c1-c1ccc(F)cc1Cl. The van der Waals surface area contributed by atoms with E-state index in [0.717, 1.165) is 14.7 Å². The Labute approximate surface area is 185 Å². The summed E-state index contributed by atoms with van der Waals surface area (Å²) in [5.41, 5.74) is 2.82. The Morgan fingerprint density at radius 2 is 2.03 bits per heavy atom. The molecule has 0 bridgehead atoms. The Kier molecular flexibility index (Phi) is 5.06. The molecule has 0 saturated heterocycles. The summed E-state index contributed by atoms with van der Waals surface area (Å²) in [6.45, 7) is 5.74. The number of hydrogen-bond donors (Lipinski definition) is 1. The van der Waals surface area contributed by atoms with E-state index in [0.29, 0.717) is 22.6 Å². The molecule has 0 unspecified atom stereocenters. The molecule has 0 radical (unpaired) electrons. The van der Waals surface area contributed by atoms with E-state index in [-0.39, 0.29) is 17.3 Å². The quantitative estimate of drug-likeness (QED) is 0.339. The van der Waals surface area contributed by atoms with Crippen LogP contribution in [0.1, 0.15) is 36.8 Å². The summed E-state index contributed by atoms with van der Waals surface area (Å²) in [7, 11) is 0. The number of ether oxygens (including phenoxy) is 2. The largest absolute Gasteiger partial charge is 0.482 e. The summed E-state index contributed by atoms with van der Waals surface area (Å²) in [5.74, 6) is -0.299. The van der Waals surface area contributed by atoms with Crippen molar-refractivity contribution in [3.63, 3.8) is 0 Å². The van der Waals surface area contributed by atoms with Crippen LogP contribution in [-0.4, -0.2) is 22.8 Å². The molecule has 150 valence electrons. The van der Waals surface area contributed by atoms with E-state index in [9.17, 15) is 9.18 Å². The summed E-state index contributed by atoms with van der Waals surface area (Å²) in [4.78, 5) is 12.4. The number of nitrogens with zero attached hydrogens (tertiary/aromatic N) is 1. The minimum Gasteiger partial charge on any atom is -0.482 e. The average Bonchev–Trinajstić information content (AvgIpc) is 3.09. The zero-order valence-corrected chi connectivity index (χ0v) is 18.8. The van der Waals surface area contributed by atoms with Gasteiger partial charge >= 0.3 is 5.97 Å². The molecule has 2 aromatic carbocycles. The van der Waals surface area contributed by atoms with E-state index in [2.05, 4.69) is 32.8 Å². The highest BCUT2D eigenvalue weighted by Gasteiger charge is 2.41. The van der Waals surface area contributed by atoms with Crippen LogP contribution in [0.2, 0.25) is 5.02 Å². The number of aromatic nitrogens is 2. The van der Waals surface area contributed by atoms with Crippen LogP contribution >= 0.6 is 34.2 Å². The molecule has 0 fully saturated rings. The molecule has 5 nitrogen and oxygen atoms in total. The van der Waals surface area contributed by atoms with Crippen LogP contribution in [0.15, 0.2) is 30.3 Å². The molecule has 1 aromatic heterocycles. The fraction of sp³-hybridized carbons (Fsp3) is 0.238. The summed E-state index contributed by atoms with van der Waals surface area (Å²) >= 11 is 8.55. The van der Waals surface area contributed by atoms with Crippen LogP contribution in [0, 0.1) is 9.39 Å². The number of carbonyl (C=O) groups excluding carboxylic acids is 1. The van der Waals surface area contributed by atoms with Crippen molar-refractivity contribution >= 4 is 40.2 Å². The fourth-order valence-corrected chi connectivity index (χ4v) is 4.55. The number of rotatable bonds is 3. The van der Waals surface area contributed by atoms with E-state index in [1.807, 2.05) is 26.0 Å². The number of hydrogen-bond acceptors (Lipinski definition) is 4. The second kappa shape index (κ2) is 7.28. The molecule has 1 aliphatic heterocycles. The molecular weight excluding hydrogens is 510 g/mol. The summed E-state index contributed by atoms with van der Waals surface area (Å²) < 4.78 is 26.0. The lowest BCUT2D eigenvalue weighted by molar-refractivity contribution is 0.0500. The van der Waals surface area contributed by atoms with Crippen molar-refractivity contribution in [1.29, 1.82) is 0 Å². The summed E-state index contributed by atoms with van der Waals surface area (Å²) in [6, 6.07) is 8.08. The molecule has 0 spiro atoms. The first-order chi connectivity index (χ1) is 13.7. The maximum Gasteiger partial charge on any atom is 0.356 e. The number of H-pyrrole nitrogens is 1. The van der Waals surface area contributed by atoms with Crippen molar-refractivity contribution in [2.75, 3.05) is 6.61 Å². The fourth-order valence-electron chi connectivity index (χ4n) is 3.57. The Balaban J connectivity index is 1.97. The second-order valence-electron chi connectivity index (χ2n) is 7.08. The van der Waals surface area contributed by atoms with Crippen molar-refractivity contribution in [2.45, 2.75) is 26.4 Å². The number of carbonyl (C=O) groups is 1. The van der Waals surface area contributed by atoms with Gasteiger partial charge in [-0.3, -0.25) is 5.10 Å². The van der Waals surface area contributed by atoms with Crippen molar-refractivity contribution in [3.8, 4) is 28.1 Å². The number of benzene rings is 2. The van der Waals surface area contributed by atoms with E-state index >= 15 is 0 Å². The minimum absolute atomic E-state index is 0.260. The van der Waals surface area contributed by atoms with Gasteiger partial charge in [0, 0.05) is 20.3 Å². The zero-order valence-electron chi connectivity index (χ0n) is 15.9. The molecule has 0 aliphatic carbocycles. The van der Waals surface area contributed by atoms with Gasteiger partial charge in [0.15, 0.2) is 5.69 Å². The Morgan fingerprint density at radius 1 is 1.31 bits per heavy atom. The first kappa shape index (κ1) is 20.2. The minimum atomic E-state index is -0.858.